The Hall–Kier alpha value is -3.15. The van der Waals surface area contributed by atoms with Gasteiger partial charge in [-0.05, 0) is 36.6 Å². The summed E-state index contributed by atoms with van der Waals surface area (Å²) in [5.41, 5.74) is 2.85. The van der Waals surface area contributed by atoms with Crippen LogP contribution in [-0.2, 0) is 21.0 Å². The van der Waals surface area contributed by atoms with Crippen LogP contribution in [0, 0.1) is 5.41 Å². The van der Waals surface area contributed by atoms with Crippen LogP contribution in [0.25, 0.3) is 0 Å². The van der Waals surface area contributed by atoms with Crippen molar-refractivity contribution in [3.05, 3.63) is 54.1 Å². The molecule has 3 aromatic rings. The summed E-state index contributed by atoms with van der Waals surface area (Å²) in [6.07, 6.45) is 6.13. The van der Waals surface area contributed by atoms with E-state index >= 15 is 0 Å². The molecular formula is C23H25N7O3S. The molecule has 0 saturated carbocycles. The lowest BCUT2D eigenvalue weighted by atomic mass is 9.76. The van der Waals surface area contributed by atoms with Crippen molar-refractivity contribution in [3.63, 3.8) is 0 Å². The fourth-order valence-corrected chi connectivity index (χ4v) is 5.81. The number of aromatic nitrogens is 4. The Morgan fingerprint density at radius 1 is 1.06 bits per heavy atom. The van der Waals surface area contributed by atoms with Gasteiger partial charge in [-0.25, -0.2) is 28.4 Å². The number of hydrogen-bond acceptors (Lipinski definition) is 10. The average molecular weight is 480 g/mol. The van der Waals surface area contributed by atoms with Crippen molar-refractivity contribution in [1.82, 2.24) is 24.8 Å². The van der Waals surface area contributed by atoms with Gasteiger partial charge < -0.3 is 15.4 Å². The van der Waals surface area contributed by atoms with Gasteiger partial charge in [-0.1, -0.05) is 6.07 Å². The van der Waals surface area contributed by atoms with Crippen LogP contribution >= 0.6 is 0 Å². The number of fused-ring (bicyclic) bond motifs is 1. The van der Waals surface area contributed by atoms with E-state index in [1.165, 1.54) is 24.2 Å². The number of ether oxygens (including phenoxy) is 1. The van der Waals surface area contributed by atoms with Crippen LogP contribution in [0.5, 0.6) is 0 Å². The molecule has 2 N–H and O–H groups in total. The Morgan fingerprint density at radius 2 is 1.85 bits per heavy atom. The minimum atomic E-state index is -3.44. The number of rotatable bonds is 6. The fourth-order valence-electron chi connectivity index (χ4n) is 5.03. The number of likely N-dealkylation sites (tertiary alicyclic amines) is 1. The molecule has 3 aliphatic rings. The second kappa shape index (κ2) is 7.97. The summed E-state index contributed by atoms with van der Waals surface area (Å²) in [5.74, 6) is 1.91. The standard InChI is InChI=1S/C23H25N7O3S/c1-34(31,32)18-3-2-8-24-22(18)29-21-9-20(25-14-26-21)28-19-7-4-15-16(27-19)5-6-17(15)30-10-23(11-30)12-33-13-23/h2-4,7-9,14,17H,5-6,10-13H2,1H3,(H2,24,25,26,27,28,29). The lowest BCUT2D eigenvalue weighted by Crippen LogP contribution is -2.66. The van der Waals surface area contributed by atoms with Gasteiger partial charge in [0.15, 0.2) is 9.84 Å². The van der Waals surface area contributed by atoms with E-state index in [4.69, 9.17) is 9.72 Å². The molecule has 1 unspecified atom stereocenters. The number of aryl methyl sites for hydroxylation is 1. The average Bonchev–Trinajstić information content (AvgIpc) is 3.15. The van der Waals surface area contributed by atoms with Crippen molar-refractivity contribution < 1.29 is 13.2 Å². The third-order valence-electron chi connectivity index (χ3n) is 6.70. The fraction of sp³-hybridized carbons (Fsp3) is 0.391. The van der Waals surface area contributed by atoms with E-state index in [0.717, 1.165) is 51.1 Å². The second-order valence-corrected chi connectivity index (χ2v) is 11.3. The summed E-state index contributed by atoms with van der Waals surface area (Å²) < 4.78 is 29.5. The normalized spacial score (nSPS) is 20.9. The van der Waals surface area contributed by atoms with Crippen LogP contribution in [0.2, 0.25) is 0 Å². The Labute approximate surface area is 197 Å². The summed E-state index contributed by atoms with van der Waals surface area (Å²) in [4.78, 5) is 20.1. The molecule has 2 saturated heterocycles. The van der Waals surface area contributed by atoms with Crippen LogP contribution in [-0.4, -0.2) is 65.8 Å². The van der Waals surface area contributed by atoms with E-state index in [2.05, 4.69) is 36.6 Å². The molecule has 0 aromatic carbocycles. The van der Waals surface area contributed by atoms with Crippen LogP contribution < -0.4 is 10.6 Å². The van der Waals surface area contributed by atoms with Gasteiger partial charge in [0.1, 0.15) is 34.5 Å². The zero-order valence-corrected chi connectivity index (χ0v) is 19.5. The predicted molar refractivity (Wildman–Crippen MR) is 126 cm³/mol. The van der Waals surface area contributed by atoms with Crippen molar-refractivity contribution in [2.24, 2.45) is 5.41 Å². The molecular weight excluding hydrogens is 454 g/mol. The molecule has 5 heterocycles. The van der Waals surface area contributed by atoms with Crippen molar-refractivity contribution >= 4 is 33.1 Å². The van der Waals surface area contributed by atoms with E-state index in [1.54, 1.807) is 12.1 Å². The molecule has 1 spiro atoms. The van der Waals surface area contributed by atoms with E-state index in [9.17, 15) is 8.42 Å². The molecule has 176 valence electrons. The Balaban J connectivity index is 1.16. The summed E-state index contributed by atoms with van der Waals surface area (Å²) in [6.45, 7) is 4.03. The van der Waals surface area contributed by atoms with E-state index in [1.807, 2.05) is 6.07 Å². The molecule has 3 aromatic heterocycles. The van der Waals surface area contributed by atoms with E-state index in [0.29, 0.717) is 28.9 Å². The summed E-state index contributed by atoms with van der Waals surface area (Å²) in [5, 5.41) is 6.21. The number of hydrogen-bond donors (Lipinski definition) is 2. The van der Waals surface area contributed by atoms with Crippen molar-refractivity contribution in [2.45, 2.75) is 23.8 Å². The third kappa shape index (κ3) is 3.89. The van der Waals surface area contributed by atoms with Gasteiger partial charge in [-0.2, -0.15) is 0 Å². The molecule has 2 aliphatic heterocycles. The topological polar surface area (TPSA) is 122 Å². The first-order valence-corrected chi connectivity index (χ1v) is 13.1. The summed E-state index contributed by atoms with van der Waals surface area (Å²) >= 11 is 0. The van der Waals surface area contributed by atoms with E-state index < -0.39 is 9.84 Å². The predicted octanol–water partition coefficient (Wildman–Crippen LogP) is 2.48. The third-order valence-corrected chi connectivity index (χ3v) is 7.83. The van der Waals surface area contributed by atoms with Crippen molar-refractivity contribution in [2.75, 3.05) is 43.2 Å². The highest BCUT2D eigenvalue weighted by Crippen LogP contribution is 2.46. The van der Waals surface area contributed by atoms with Gasteiger partial charge in [0, 0.05) is 48.8 Å². The van der Waals surface area contributed by atoms with Crippen molar-refractivity contribution in [3.8, 4) is 0 Å². The van der Waals surface area contributed by atoms with E-state index in [-0.39, 0.29) is 10.7 Å². The highest BCUT2D eigenvalue weighted by atomic mass is 32.2. The van der Waals surface area contributed by atoms with Gasteiger partial charge in [-0.15, -0.1) is 0 Å². The first kappa shape index (κ1) is 21.4. The maximum Gasteiger partial charge on any atom is 0.179 e. The Kier molecular flexibility index (Phi) is 5.01. The maximum absolute atomic E-state index is 12.0. The molecule has 0 bridgehead atoms. The largest absolute Gasteiger partial charge is 0.380 e. The smallest absolute Gasteiger partial charge is 0.179 e. The van der Waals surface area contributed by atoms with Crippen LogP contribution in [0.3, 0.4) is 0 Å². The molecule has 1 atom stereocenters. The highest BCUT2D eigenvalue weighted by molar-refractivity contribution is 7.90. The van der Waals surface area contributed by atoms with Crippen LogP contribution in [0.15, 0.2) is 47.8 Å². The van der Waals surface area contributed by atoms with Gasteiger partial charge >= 0.3 is 0 Å². The number of anilines is 4. The van der Waals surface area contributed by atoms with Gasteiger partial charge in [-0.3, -0.25) is 4.90 Å². The number of pyridine rings is 2. The molecule has 0 radical (unpaired) electrons. The molecule has 10 nitrogen and oxygen atoms in total. The molecule has 11 heteroatoms. The first-order valence-electron chi connectivity index (χ1n) is 11.2. The molecule has 6 rings (SSSR count). The molecule has 34 heavy (non-hydrogen) atoms. The zero-order chi connectivity index (χ0) is 23.3. The summed E-state index contributed by atoms with van der Waals surface area (Å²) in [6, 6.07) is 9.37. The van der Waals surface area contributed by atoms with Crippen molar-refractivity contribution in [1.29, 1.82) is 0 Å². The number of sulfone groups is 1. The minimum absolute atomic E-state index is 0.107. The van der Waals surface area contributed by atoms with Gasteiger partial charge in [0.2, 0.25) is 0 Å². The first-order chi connectivity index (χ1) is 16.4. The van der Waals surface area contributed by atoms with Gasteiger partial charge in [0.05, 0.1) is 13.2 Å². The maximum atomic E-state index is 12.0. The molecule has 0 amide bonds. The quantitative estimate of drug-likeness (QED) is 0.545. The van der Waals surface area contributed by atoms with Crippen LogP contribution in [0.4, 0.5) is 23.3 Å². The zero-order valence-electron chi connectivity index (χ0n) is 18.7. The minimum Gasteiger partial charge on any atom is -0.380 e. The Morgan fingerprint density at radius 3 is 2.59 bits per heavy atom. The lowest BCUT2D eigenvalue weighted by Gasteiger charge is -2.57. The molecule has 2 fully saturated rings. The number of nitrogens with zero attached hydrogens (tertiary/aromatic N) is 5. The Bertz CT molecular complexity index is 1350. The second-order valence-electron chi connectivity index (χ2n) is 9.35. The lowest BCUT2D eigenvalue weighted by molar-refractivity contribution is -0.198. The van der Waals surface area contributed by atoms with Crippen LogP contribution in [0.1, 0.15) is 23.7 Å². The monoisotopic (exact) mass is 479 g/mol. The number of nitrogens with one attached hydrogen (secondary N) is 2. The van der Waals surface area contributed by atoms with Gasteiger partial charge in [0.25, 0.3) is 0 Å². The highest BCUT2D eigenvalue weighted by Gasteiger charge is 2.51. The SMILES string of the molecule is CS(=O)(=O)c1cccnc1Nc1cc(Nc2ccc3c(n2)CCC3N2CC3(COC3)C2)ncn1. The molecule has 1 aliphatic carbocycles. The summed E-state index contributed by atoms with van der Waals surface area (Å²) in [7, 11) is -3.44.